The van der Waals surface area contributed by atoms with Crippen molar-refractivity contribution in [2.75, 3.05) is 0 Å². The third-order valence-electron chi connectivity index (χ3n) is 7.09. The molecule has 0 aliphatic heterocycles. The smallest absolute Gasteiger partial charge is 0.213 e. The van der Waals surface area contributed by atoms with Crippen molar-refractivity contribution >= 4 is 10.8 Å². The van der Waals surface area contributed by atoms with Gasteiger partial charge < -0.3 is 0 Å². The number of benzene rings is 2. The van der Waals surface area contributed by atoms with E-state index in [1.54, 1.807) is 0 Å². The molecule has 1 aliphatic rings. The van der Waals surface area contributed by atoms with Gasteiger partial charge in [-0.2, -0.15) is 0 Å². The quantitative estimate of drug-likeness (QED) is 0.335. The Kier molecular flexibility index (Phi) is 5.09. The molecule has 2 heterocycles. The van der Waals surface area contributed by atoms with E-state index in [9.17, 15) is 0 Å². The summed E-state index contributed by atoms with van der Waals surface area (Å²) in [5.74, 6) is 0.653. The minimum absolute atomic E-state index is 0.653. The normalized spacial score (nSPS) is 14.5. The zero-order chi connectivity index (χ0) is 21.5. The third-order valence-corrected chi connectivity index (χ3v) is 7.09. The molecule has 0 saturated heterocycles. The highest BCUT2D eigenvalue weighted by Crippen LogP contribution is 2.35. The maximum atomic E-state index is 4.87. The molecule has 0 N–H and O–H groups in total. The predicted octanol–water partition coefficient (Wildman–Crippen LogP) is 6.98. The maximum Gasteiger partial charge on any atom is 0.213 e. The van der Waals surface area contributed by atoms with Gasteiger partial charge in [-0.25, -0.2) is 4.57 Å². The molecule has 0 amide bonds. The lowest BCUT2D eigenvalue weighted by Crippen LogP contribution is -2.30. The average molecular weight is 408 g/mol. The van der Waals surface area contributed by atoms with Crippen LogP contribution >= 0.6 is 0 Å². The summed E-state index contributed by atoms with van der Waals surface area (Å²) >= 11 is 0. The first-order valence-corrected chi connectivity index (χ1v) is 11.5. The van der Waals surface area contributed by atoms with Crippen LogP contribution in [0.3, 0.4) is 0 Å². The van der Waals surface area contributed by atoms with Gasteiger partial charge in [0.05, 0.1) is 0 Å². The van der Waals surface area contributed by atoms with Gasteiger partial charge in [0.2, 0.25) is 5.69 Å². The summed E-state index contributed by atoms with van der Waals surface area (Å²) < 4.78 is 2.26. The summed E-state index contributed by atoms with van der Waals surface area (Å²) in [5, 5.41) is 2.54. The zero-order valence-electron chi connectivity index (χ0n) is 19.1. The van der Waals surface area contributed by atoms with E-state index in [0.29, 0.717) is 5.92 Å². The van der Waals surface area contributed by atoms with Gasteiger partial charge in [0.25, 0.3) is 0 Å². The first-order valence-electron chi connectivity index (χ1n) is 11.5. The summed E-state index contributed by atoms with van der Waals surface area (Å²) in [7, 11) is 2.15. The van der Waals surface area contributed by atoms with Crippen molar-refractivity contribution in [2.24, 2.45) is 7.05 Å². The van der Waals surface area contributed by atoms with Crippen molar-refractivity contribution < 1.29 is 4.57 Å². The van der Waals surface area contributed by atoms with Crippen LogP contribution in [0.4, 0.5) is 0 Å². The Morgan fingerprint density at radius 3 is 2.45 bits per heavy atom. The number of rotatable bonds is 3. The Morgan fingerprint density at radius 2 is 1.71 bits per heavy atom. The van der Waals surface area contributed by atoms with Gasteiger partial charge in [-0.05, 0) is 68.5 Å². The summed E-state index contributed by atoms with van der Waals surface area (Å²) in [5.41, 5.74) is 10.3. The lowest BCUT2D eigenvalue weighted by Gasteiger charge is -2.13. The van der Waals surface area contributed by atoms with E-state index in [4.69, 9.17) is 4.98 Å². The molecule has 5 rings (SSSR count). The molecule has 0 radical (unpaired) electrons. The Hall–Kier alpha value is -3.00. The van der Waals surface area contributed by atoms with Crippen molar-refractivity contribution in [1.82, 2.24) is 4.98 Å². The van der Waals surface area contributed by atoms with Gasteiger partial charge in [-0.3, -0.25) is 4.98 Å². The molecule has 2 heteroatoms. The fraction of sp³-hybridized carbons (Fsp3) is 0.310. The van der Waals surface area contributed by atoms with Crippen LogP contribution in [-0.4, -0.2) is 4.98 Å². The molecule has 1 aliphatic carbocycles. The van der Waals surface area contributed by atoms with Crippen molar-refractivity contribution in [3.63, 3.8) is 0 Å². The molecule has 1 saturated carbocycles. The lowest BCUT2D eigenvalue weighted by atomic mass is 9.94. The van der Waals surface area contributed by atoms with E-state index < -0.39 is 0 Å². The van der Waals surface area contributed by atoms with E-state index in [0.717, 1.165) is 0 Å². The fourth-order valence-corrected chi connectivity index (χ4v) is 5.23. The van der Waals surface area contributed by atoms with E-state index in [-0.39, 0.29) is 0 Å². The van der Waals surface area contributed by atoms with Gasteiger partial charge in [0.15, 0.2) is 6.20 Å². The highest BCUT2D eigenvalue weighted by atomic mass is 14.9. The Balaban J connectivity index is 1.64. The molecular formula is C29H31N2+. The van der Waals surface area contributed by atoms with E-state index in [2.05, 4.69) is 93.3 Å². The third kappa shape index (κ3) is 3.65. The molecular weight excluding hydrogens is 376 g/mol. The zero-order valence-corrected chi connectivity index (χ0v) is 19.1. The van der Waals surface area contributed by atoms with Crippen LogP contribution < -0.4 is 4.57 Å². The largest absolute Gasteiger partial charge is 0.260 e. The van der Waals surface area contributed by atoms with Crippen LogP contribution in [0.5, 0.6) is 0 Å². The first kappa shape index (κ1) is 19.9. The monoisotopic (exact) mass is 407 g/mol. The summed E-state index contributed by atoms with van der Waals surface area (Å²) in [4.78, 5) is 4.87. The molecule has 31 heavy (non-hydrogen) atoms. The molecule has 0 unspecified atom stereocenters. The van der Waals surface area contributed by atoms with Gasteiger partial charge in [0, 0.05) is 45.8 Å². The molecule has 2 nitrogen and oxygen atoms in total. The number of fused-ring (bicyclic) bond motifs is 1. The minimum Gasteiger partial charge on any atom is -0.260 e. The molecule has 2 aromatic carbocycles. The highest BCUT2D eigenvalue weighted by molar-refractivity contribution is 5.97. The molecule has 4 aromatic rings. The van der Waals surface area contributed by atoms with E-state index in [1.807, 2.05) is 0 Å². The Labute approximate surface area is 185 Å². The molecule has 0 atom stereocenters. The summed E-state index contributed by atoms with van der Waals surface area (Å²) in [6, 6.07) is 18.0. The molecule has 1 fully saturated rings. The number of pyridine rings is 2. The van der Waals surface area contributed by atoms with E-state index >= 15 is 0 Å². The minimum atomic E-state index is 0.653. The van der Waals surface area contributed by atoms with Crippen molar-refractivity contribution in [2.45, 2.75) is 52.4 Å². The average Bonchev–Trinajstić information content (AvgIpc) is 3.30. The first-order chi connectivity index (χ1) is 15.0. The summed E-state index contributed by atoms with van der Waals surface area (Å²) in [6.07, 6.45) is 9.60. The van der Waals surface area contributed by atoms with Crippen molar-refractivity contribution in [3.8, 4) is 22.4 Å². The van der Waals surface area contributed by atoms with Gasteiger partial charge in [-0.15, -0.1) is 0 Å². The second-order valence-electron chi connectivity index (χ2n) is 9.29. The molecule has 2 aromatic heterocycles. The highest BCUT2D eigenvalue weighted by Gasteiger charge is 2.20. The molecule has 0 bridgehead atoms. The Bertz CT molecular complexity index is 1260. The van der Waals surface area contributed by atoms with Crippen molar-refractivity contribution in [1.29, 1.82) is 0 Å². The molecule has 156 valence electrons. The van der Waals surface area contributed by atoms with Crippen molar-refractivity contribution in [3.05, 3.63) is 83.3 Å². The van der Waals surface area contributed by atoms with Crippen LogP contribution in [0.25, 0.3) is 33.2 Å². The van der Waals surface area contributed by atoms with Gasteiger partial charge in [0.1, 0.15) is 7.05 Å². The number of aromatic nitrogens is 2. The lowest BCUT2D eigenvalue weighted by molar-refractivity contribution is -0.659. The van der Waals surface area contributed by atoms with Crippen LogP contribution in [-0.2, 0) is 7.05 Å². The fourth-order valence-electron chi connectivity index (χ4n) is 5.23. The number of aryl methyl sites for hydroxylation is 3. The topological polar surface area (TPSA) is 16.8 Å². The predicted molar refractivity (Wildman–Crippen MR) is 129 cm³/mol. The van der Waals surface area contributed by atoms with Gasteiger partial charge >= 0.3 is 0 Å². The standard InChI is InChI=1S/C29H31N2/c1-19-14-20(2)21(3)26(15-19)29-16-27-24(18-31(29)4)10-7-11-25(27)23-12-13-28(30-17-23)22-8-5-6-9-22/h7,10-18,22H,5-6,8-9H2,1-4H3/q+1. The van der Waals surface area contributed by atoms with Crippen LogP contribution in [0.1, 0.15) is 54.0 Å². The summed E-state index contributed by atoms with van der Waals surface area (Å²) in [6.45, 7) is 6.61. The SMILES string of the molecule is Cc1cc(C)c(C)c(-c2cc3c(-c4ccc(C5CCCC5)nc4)cccc3c[n+]2C)c1. The number of hydrogen-bond donors (Lipinski definition) is 0. The Morgan fingerprint density at radius 1 is 0.903 bits per heavy atom. The van der Waals surface area contributed by atoms with Gasteiger partial charge in [-0.1, -0.05) is 42.7 Å². The van der Waals surface area contributed by atoms with Crippen LogP contribution in [0, 0.1) is 20.8 Å². The maximum absolute atomic E-state index is 4.87. The van der Waals surface area contributed by atoms with Crippen LogP contribution in [0.15, 0.2) is 60.9 Å². The number of nitrogens with zero attached hydrogens (tertiary/aromatic N) is 2. The van der Waals surface area contributed by atoms with Crippen LogP contribution in [0.2, 0.25) is 0 Å². The van der Waals surface area contributed by atoms with E-state index in [1.165, 1.54) is 81.2 Å². The second-order valence-corrected chi connectivity index (χ2v) is 9.29. The number of hydrogen-bond acceptors (Lipinski definition) is 1. The molecule has 0 spiro atoms. The second kappa shape index (κ2) is 7.92.